The van der Waals surface area contributed by atoms with Crippen LogP contribution in [-0.2, 0) is 9.53 Å². The van der Waals surface area contributed by atoms with Gasteiger partial charge >= 0.3 is 0 Å². The van der Waals surface area contributed by atoms with E-state index in [-0.39, 0.29) is 12.0 Å². The molecule has 0 bridgehead atoms. The van der Waals surface area contributed by atoms with E-state index in [1.807, 2.05) is 0 Å². The average Bonchev–Trinajstić information content (AvgIpc) is 3.14. The Balaban J connectivity index is 1.42. The first kappa shape index (κ1) is 15.8. The lowest BCUT2D eigenvalue weighted by Crippen LogP contribution is -2.35. The number of aromatic amines is 1. The number of carbonyl (C=O) groups excluding carboxylic acids is 1. The molecular weight excluding hydrogens is 300 g/mol. The Kier molecular flexibility index (Phi) is 5.72. The summed E-state index contributed by atoms with van der Waals surface area (Å²) in [5.41, 5.74) is 0. The molecule has 0 radical (unpaired) electrons. The van der Waals surface area contributed by atoms with Gasteiger partial charge in [-0.15, -0.1) is 5.10 Å². The van der Waals surface area contributed by atoms with E-state index < -0.39 is 0 Å². The molecule has 3 rings (SSSR count). The third kappa shape index (κ3) is 4.46. The highest BCUT2D eigenvalue weighted by Gasteiger charge is 2.22. The number of ether oxygens (including phenoxy) is 1. The summed E-state index contributed by atoms with van der Waals surface area (Å²) in [6.45, 7) is 0.789. The monoisotopic (exact) mass is 324 g/mol. The van der Waals surface area contributed by atoms with Crippen molar-refractivity contribution in [3.8, 4) is 0 Å². The van der Waals surface area contributed by atoms with Gasteiger partial charge in [0.25, 0.3) is 0 Å². The van der Waals surface area contributed by atoms with Crippen molar-refractivity contribution in [3.63, 3.8) is 0 Å². The first-order chi connectivity index (χ1) is 10.8. The van der Waals surface area contributed by atoms with Crippen molar-refractivity contribution in [2.24, 2.45) is 0 Å². The first-order valence-corrected chi connectivity index (χ1v) is 9.26. The fraction of sp³-hybridized carbons (Fsp3) is 0.800. The van der Waals surface area contributed by atoms with Crippen LogP contribution in [-0.4, -0.2) is 39.5 Å². The third-order valence-electron chi connectivity index (χ3n) is 4.27. The molecule has 0 spiro atoms. The summed E-state index contributed by atoms with van der Waals surface area (Å²) in [7, 11) is 0. The van der Waals surface area contributed by atoms with Crippen LogP contribution in [0.15, 0.2) is 5.16 Å². The Hall–Kier alpha value is -1.08. The van der Waals surface area contributed by atoms with Crippen LogP contribution in [0.5, 0.6) is 0 Å². The standard InChI is InChI=1S/C15H24N4O2S/c20-13(16-11-6-3-1-2-4-7-11)10-22-15-17-14(18-19-15)12-8-5-9-21-12/h11-12H,1-10H2,(H,16,20)(H,17,18,19)/t12-/m1/s1. The van der Waals surface area contributed by atoms with Crippen molar-refractivity contribution in [3.05, 3.63) is 5.82 Å². The second-order valence-corrected chi connectivity index (χ2v) is 6.99. The van der Waals surface area contributed by atoms with Crippen LogP contribution in [0.3, 0.4) is 0 Å². The molecule has 2 aliphatic rings. The fourth-order valence-corrected chi connectivity index (χ4v) is 3.70. The maximum Gasteiger partial charge on any atom is 0.230 e. The third-order valence-corrected chi connectivity index (χ3v) is 5.12. The second kappa shape index (κ2) is 7.97. The van der Waals surface area contributed by atoms with Crippen molar-refractivity contribution in [1.82, 2.24) is 20.5 Å². The Morgan fingerprint density at radius 1 is 1.23 bits per heavy atom. The van der Waals surface area contributed by atoms with E-state index in [1.54, 1.807) is 0 Å². The number of carbonyl (C=O) groups is 1. The van der Waals surface area contributed by atoms with Gasteiger partial charge in [0, 0.05) is 12.6 Å². The summed E-state index contributed by atoms with van der Waals surface area (Å²) in [5.74, 6) is 1.24. The number of H-pyrrole nitrogens is 1. The van der Waals surface area contributed by atoms with Crippen molar-refractivity contribution < 1.29 is 9.53 Å². The average molecular weight is 324 g/mol. The molecule has 6 nitrogen and oxygen atoms in total. The predicted molar refractivity (Wildman–Crippen MR) is 84.7 cm³/mol. The van der Waals surface area contributed by atoms with E-state index in [2.05, 4.69) is 20.5 Å². The van der Waals surface area contributed by atoms with Crippen LogP contribution in [0.2, 0.25) is 0 Å². The minimum Gasteiger partial charge on any atom is -0.370 e. The molecule has 7 heteroatoms. The molecular formula is C15H24N4O2S. The lowest BCUT2D eigenvalue weighted by atomic mass is 10.1. The molecule has 1 amide bonds. The molecule has 2 heterocycles. The molecule has 22 heavy (non-hydrogen) atoms. The molecule has 1 aliphatic carbocycles. The lowest BCUT2D eigenvalue weighted by Gasteiger charge is -2.15. The summed E-state index contributed by atoms with van der Waals surface area (Å²) < 4.78 is 5.57. The number of nitrogens with zero attached hydrogens (tertiary/aromatic N) is 2. The van der Waals surface area contributed by atoms with Gasteiger partial charge in [0.2, 0.25) is 11.1 Å². The maximum absolute atomic E-state index is 12.0. The quantitative estimate of drug-likeness (QED) is 0.643. The van der Waals surface area contributed by atoms with Gasteiger partial charge in [0.1, 0.15) is 6.10 Å². The highest BCUT2D eigenvalue weighted by atomic mass is 32.2. The van der Waals surface area contributed by atoms with Crippen LogP contribution in [0.1, 0.15) is 63.3 Å². The summed E-state index contributed by atoms with van der Waals surface area (Å²) >= 11 is 1.38. The number of aromatic nitrogens is 3. The zero-order chi connectivity index (χ0) is 15.2. The summed E-state index contributed by atoms with van der Waals surface area (Å²) in [6, 6.07) is 0.352. The van der Waals surface area contributed by atoms with Crippen molar-refractivity contribution >= 4 is 17.7 Å². The van der Waals surface area contributed by atoms with Gasteiger partial charge in [-0.2, -0.15) is 0 Å². The van der Waals surface area contributed by atoms with Crippen LogP contribution >= 0.6 is 11.8 Å². The van der Waals surface area contributed by atoms with Gasteiger partial charge in [-0.3, -0.25) is 9.89 Å². The second-order valence-electron chi connectivity index (χ2n) is 6.05. The smallest absolute Gasteiger partial charge is 0.230 e. The van der Waals surface area contributed by atoms with E-state index in [0.29, 0.717) is 17.0 Å². The largest absolute Gasteiger partial charge is 0.370 e. The maximum atomic E-state index is 12.0. The van der Waals surface area contributed by atoms with Gasteiger partial charge in [-0.1, -0.05) is 37.4 Å². The Morgan fingerprint density at radius 2 is 2.05 bits per heavy atom. The van der Waals surface area contributed by atoms with Gasteiger partial charge < -0.3 is 10.1 Å². The van der Waals surface area contributed by atoms with Crippen LogP contribution < -0.4 is 5.32 Å². The molecule has 2 N–H and O–H groups in total. The number of hydrogen-bond acceptors (Lipinski definition) is 5. The molecule has 1 saturated carbocycles. The predicted octanol–water partition coefficient (Wildman–Crippen LogP) is 2.59. The highest BCUT2D eigenvalue weighted by Crippen LogP contribution is 2.27. The van der Waals surface area contributed by atoms with Crippen molar-refractivity contribution in [2.45, 2.75) is 68.7 Å². The molecule has 1 atom stereocenters. The van der Waals surface area contributed by atoms with Gasteiger partial charge in [-0.05, 0) is 25.7 Å². The molecule has 0 unspecified atom stereocenters. The van der Waals surface area contributed by atoms with Crippen molar-refractivity contribution in [2.75, 3.05) is 12.4 Å². The number of rotatable bonds is 5. The number of thioether (sulfide) groups is 1. The Bertz CT molecular complexity index is 480. The molecule has 1 aromatic rings. The van der Waals surface area contributed by atoms with Gasteiger partial charge in [0.05, 0.1) is 5.75 Å². The molecule has 2 fully saturated rings. The zero-order valence-electron chi connectivity index (χ0n) is 12.8. The Labute approximate surface area is 135 Å². The minimum atomic E-state index is 0.0432. The summed E-state index contributed by atoms with van der Waals surface area (Å²) in [4.78, 5) is 16.5. The molecule has 1 aliphatic heterocycles. The topological polar surface area (TPSA) is 79.9 Å². The highest BCUT2D eigenvalue weighted by molar-refractivity contribution is 7.99. The van der Waals surface area contributed by atoms with E-state index in [1.165, 1.54) is 37.4 Å². The number of hydrogen-bond donors (Lipinski definition) is 2. The molecule has 122 valence electrons. The minimum absolute atomic E-state index is 0.0432. The Morgan fingerprint density at radius 3 is 2.77 bits per heavy atom. The van der Waals surface area contributed by atoms with E-state index in [4.69, 9.17) is 4.74 Å². The number of nitrogens with one attached hydrogen (secondary N) is 2. The van der Waals surface area contributed by atoms with E-state index >= 15 is 0 Å². The summed E-state index contributed by atoms with van der Waals surface area (Å²) in [6.07, 6.45) is 9.36. The van der Waals surface area contributed by atoms with Crippen LogP contribution in [0.4, 0.5) is 0 Å². The molecule has 1 aromatic heterocycles. The van der Waals surface area contributed by atoms with E-state index in [9.17, 15) is 4.79 Å². The van der Waals surface area contributed by atoms with Crippen LogP contribution in [0, 0.1) is 0 Å². The lowest BCUT2D eigenvalue weighted by molar-refractivity contribution is -0.119. The first-order valence-electron chi connectivity index (χ1n) is 8.27. The zero-order valence-corrected chi connectivity index (χ0v) is 13.7. The molecule has 0 aromatic carbocycles. The fourth-order valence-electron chi connectivity index (χ4n) is 3.08. The SMILES string of the molecule is O=C(CSc1n[nH]c([C@H]2CCCO2)n1)NC1CCCCCC1. The molecule has 1 saturated heterocycles. The summed E-state index contributed by atoms with van der Waals surface area (Å²) in [5, 5.41) is 10.9. The van der Waals surface area contributed by atoms with E-state index in [0.717, 1.165) is 38.1 Å². The van der Waals surface area contributed by atoms with Gasteiger partial charge in [0.15, 0.2) is 5.82 Å². The normalized spacial score (nSPS) is 23.4. The number of amides is 1. The van der Waals surface area contributed by atoms with Crippen LogP contribution in [0.25, 0.3) is 0 Å². The van der Waals surface area contributed by atoms with Crippen molar-refractivity contribution in [1.29, 1.82) is 0 Å². The van der Waals surface area contributed by atoms with Gasteiger partial charge in [-0.25, -0.2) is 4.98 Å².